The van der Waals surface area contributed by atoms with Crippen molar-refractivity contribution in [1.82, 2.24) is 25.0 Å². The van der Waals surface area contributed by atoms with E-state index >= 15 is 0 Å². The van der Waals surface area contributed by atoms with Gasteiger partial charge in [-0.2, -0.15) is 5.10 Å². The number of fused-ring (bicyclic) bond motifs is 1. The summed E-state index contributed by atoms with van der Waals surface area (Å²) in [5.74, 6) is -0.0521. The van der Waals surface area contributed by atoms with Crippen LogP contribution in [0.4, 0.5) is 0 Å². The molecule has 7 nitrogen and oxygen atoms in total. The van der Waals surface area contributed by atoms with Gasteiger partial charge in [-0.25, -0.2) is 4.68 Å². The van der Waals surface area contributed by atoms with Gasteiger partial charge in [0.2, 0.25) is 0 Å². The van der Waals surface area contributed by atoms with Crippen molar-refractivity contribution in [3.8, 4) is 0 Å². The zero-order chi connectivity index (χ0) is 22.7. The van der Waals surface area contributed by atoms with E-state index < -0.39 is 0 Å². The summed E-state index contributed by atoms with van der Waals surface area (Å²) in [6.07, 6.45) is 5.11. The highest BCUT2D eigenvalue weighted by molar-refractivity contribution is 6.06. The van der Waals surface area contributed by atoms with E-state index in [9.17, 15) is 9.59 Å². The molecule has 1 aromatic carbocycles. The van der Waals surface area contributed by atoms with Crippen molar-refractivity contribution in [3.05, 3.63) is 64.2 Å². The zero-order valence-electron chi connectivity index (χ0n) is 19.2. The molecular weight excluding hydrogens is 402 g/mol. The standard InChI is InChI=1S/C25H33N5O2/c1-25(2,3)22-11-12-23(31)30(28-22)15-14-29-13-7-6-8-18(29)16-27-24(32)20-17-26-21-10-5-4-9-19(20)21/h4-5,9-12,17-18,26H,6-8,13-16H2,1-3H3,(H,27,32). The Bertz CT molecular complexity index is 1140. The van der Waals surface area contributed by atoms with Crippen molar-refractivity contribution in [1.29, 1.82) is 0 Å². The number of carbonyl (C=O) groups excluding carboxylic acids is 1. The summed E-state index contributed by atoms with van der Waals surface area (Å²) in [6.45, 7) is 9.16. The number of aromatic amines is 1. The minimum absolute atomic E-state index is 0.0521. The monoisotopic (exact) mass is 435 g/mol. The minimum atomic E-state index is -0.101. The normalized spacial score (nSPS) is 17.5. The van der Waals surface area contributed by atoms with Crippen LogP contribution in [0.25, 0.3) is 10.9 Å². The van der Waals surface area contributed by atoms with Crippen LogP contribution in [0.1, 0.15) is 56.1 Å². The van der Waals surface area contributed by atoms with Gasteiger partial charge in [-0.15, -0.1) is 0 Å². The highest BCUT2D eigenvalue weighted by Gasteiger charge is 2.24. The number of rotatable bonds is 6. The average Bonchev–Trinajstić information content (AvgIpc) is 3.21. The van der Waals surface area contributed by atoms with Gasteiger partial charge in [0, 0.05) is 47.7 Å². The Balaban J connectivity index is 1.39. The third-order valence-electron chi connectivity index (χ3n) is 6.32. The van der Waals surface area contributed by atoms with Crippen LogP contribution in [0.5, 0.6) is 0 Å². The maximum Gasteiger partial charge on any atom is 0.266 e. The molecule has 1 aliphatic rings. The van der Waals surface area contributed by atoms with Gasteiger partial charge in [0.25, 0.3) is 11.5 Å². The molecule has 0 aliphatic carbocycles. The predicted molar refractivity (Wildman–Crippen MR) is 127 cm³/mol. The van der Waals surface area contributed by atoms with Gasteiger partial charge in [0.15, 0.2) is 0 Å². The topological polar surface area (TPSA) is 83.0 Å². The van der Waals surface area contributed by atoms with Crippen LogP contribution in [0.15, 0.2) is 47.4 Å². The first kappa shape index (κ1) is 22.3. The number of para-hydroxylation sites is 1. The highest BCUT2D eigenvalue weighted by Crippen LogP contribution is 2.20. The van der Waals surface area contributed by atoms with Gasteiger partial charge < -0.3 is 10.3 Å². The molecular formula is C25H33N5O2. The third kappa shape index (κ3) is 4.93. The number of carbonyl (C=O) groups is 1. The molecule has 3 aromatic rings. The molecule has 4 rings (SSSR count). The molecule has 1 aliphatic heterocycles. The Morgan fingerprint density at radius 1 is 1.16 bits per heavy atom. The fourth-order valence-electron chi connectivity index (χ4n) is 4.38. The minimum Gasteiger partial charge on any atom is -0.360 e. The van der Waals surface area contributed by atoms with E-state index in [-0.39, 0.29) is 22.9 Å². The van der Waals surface area contributed by atoms with Crippen LogP contribution in [0.3, 0.4) is 0 Å². The Morgan fingerprint density at radius 2 is 1.97 bits per heavy atom. The van der Waals surface area contributed by atoms with Gasteiger partial charge in [-0.3, -0.25) is 14.5 Å². The number of nitrogens with zero attached hydrogens (tertiary/aromatic N) is 3. The second kappa shape index (κ2) is 9.28. The summed E-state index contributed by atoms with van der Waals surface area (Å²) in [4.78, 5) is 30.7. The predicted octanol–water partition coefficient (Wildman–Crippen LogP) is 3.31. The second-order valence-corrected chi connectivity index (χ2v) is 9.67. The Labute approximate surface area is 188 Å². The first-order valence-corrected chi connectivity index (χ1v) is 11.5. The molecule has 3 heterocycles. The van der Waals surface area contributed by atoms with Gasteiger partial charge in [0.1, 0.15) is 0 Å². The quantitative estimate of drug-likeness (QED) is 0.622. The Morgan fingerprint density at radius 3 is 2.78 bits per heavy atom. The number of hydrogen-bond acceptors (Lipinski definition) is 4. The lowest BCUT2D eigenvalue weighted by Crippen LogP contribution is -2.48. The summed E-state index contributed by atoms with van der Waals surface area (Å²) in [5.41, 5.74) is 2.39. The number of aromatic nitrogens is 3. The van der Waals surface area contributed by atoms with Gasteiger partial charge >= 0.3 is 0 Å². The SMILES string of the molecule is CC(C)(C)c1ccc(=O)n(CCN2CCCCC2CNC(=O)c2c[nH]c3ccccc23)n1. The number of piperidine rings is 1. The number of hydrogen-bond donors (Lipinski definition) is 2. The lowest BCUT2D eigenvalue weighted by molar-refractivity contribution is 0.0910. The number of likely N-dealkylation sites (tertiary alicyclic amines) is 1. The average molecular weight is 436 g/mol. The molecule has 1 saturated heterocycles. The van der Waals surface area contributed by atoms with Gasteiger partial charge in [-0.1, -0.05) is 45.4 Å². The molecule has 1 atom stereocenters. The van der Waals surface area contributed by atoms with Crippen molar-refractivity contribution < 1.29 is 4.79 Å². The number of benzene rings is 1. The fourth-order valence-corrected chi connectivity index (χ4v) is 4.38. The first-order valence-electron chi connectivity index (χ1n) is 11.5. The van der Waals surface area contributed by atoms with Crippen molar-refractivity contribution >= 4 is 16.8 Å². The van der Waals surface area contributed by atoms with Crippen LogP contribution in [-0.4, -0.2) is 51.2 Å². The molecule has 1 unspecified atom stereocenters. The second-order valence-electron chi connectivity index (χ2n) is 9.67. The van der Waals surface area contributed by atoms with Gasteiger partial charge in [0.05, 0.1) is 17.8 Å². The molecule has 0 saturated carbocycles. The molecule has 1 amide bonds. The van der Waals surface area contributed by atoms with Crippen molar-refractivity contribution in [2.75, 3.05) is 19.6 Å². The number of H-pyrrole nitrogens is 1. The lowest BCUT2D eigenvalue weighted by atomic mass is 9.92. The molecule has 7 heteroatoms. The smallest absolute Gasteiger partial charge is 0.266 e. The molecule has 2 N–H and O–H groups in total. The van der Waals surface area contributed by atoms with E-state index in [0.29, 0.717) is 18.7 Å². The highest BCUT2D eigenvalue weighted by atomic mass is 16.1. The van der Waals surface area contributed by atoms with Crippen molar-refractivity contribution in [3.63, 3.8) is 0 Å². The lowest BCUT2D eigenvalue weighted by Gasteiger charge is -2.35. The summed E-state index contributed by atoms with van der Waals surface area (Å²) in [7, 11) is 0. The maximum absolute atomic E-state index is 12.8. The van der Waals surface area contributed by atoms with E-state index in [0.717, 1.165) is 48.9 Å². The Hall–Kier alpha value is -2.93. The molecule has 2 aromatic heterocycles. The van der Waals surface area contributed by atoms with Crippen molar-refractivity contribution in [2.24, 2.45) is 0 Å². The number of amides is 1. The zero-order valence-corrected chi connectivity index (χ0v) is 19.2. The van der Waals surface area contributed by atoms with Crippen LogP contribution in [0, 0.1) is 0 Å². The molecule has 0 spiro atoms. The van der Waals surface area contributed by atoms with Crippen LogP contribution < -0.4 is 10.9 Å². The Kier molecular flexibility index (Phi) is 6.46. The molecule has 0 radical (unpaired) electrons. The summed E-state index contributed by atoms with van der Waals surface area (Å²) in [6, 6.07) is 11.5. The largest absolute Gasteiger partial charge is 0.360 e. The molecule has 170 valence electrons. The molecule has 1 fully saturated rings. The summed E-state index contributed by atoms with van der Waals surface area (Å²) >= 11 is 0. The maximum atomic E-state index is 12.8. The van der Waals surface area contributed by atoms with E-state index in [1.54, 1.807) is 16.9 Å². The van der Waals surface area contributed by atoms with Crippen molar-refractivity contribution in [2.45, 2.75) is 58.0 Å². The summed E-state index contributed by atoms with van der Waals surface area (Å²) in [5, 5.41) is 8.66. The number of nitrogens with one attached hydrogen (secondary N) is 2. The van der Waals surface area contributed by atoms with Crippen LogP contribution >= 0.6 is 0 Å². The van der Waals surface area contributed by atoms with E-state index in [4.69, 9.17) is 0 Å². The third-order valence-corrected chi connectivity index (χ3v) is 6.32. The molecule has 0 bridgehead atoms. The van der Waals surface area contributed by atoms with Crippen LogP contribution in [0.2, 0.25) is 0 Å². The van der Waals surface area contributed by atoms with Gasteiger partial charge in [-0.05, 0) is 31.5 Å². The first-order chi connectivity index (χ1) is 15.3. The van der Waals surface area contributed by atoms with E-state index in [2.05, 4.69) is 41.1 Å². The van der Waals surface area contributed by atoms with E-state index in [1.165, 1.54) is 0 Å². The van der Waals surface area contributed by atoms with E-state index in [1.807, 2.05) is 30.3 Å². The summed E-state index contributed by atoms with van der Waals surface area (Å²) < 4.78 is 1.58. The molecule has 32 heavy (non-hydrogen) atoms. The fraction of sp³-hybridized carbons (Fsp3) is 0.480. The van der Waals surface area contributed by atoms with Crippen LogP contribution in [-0.2, 0) is 12.0 Å².